The zero-order valence-electron chi connectivity index (χ0n) is 11.6. The van der Waals surface area contributed by atoms with Crippen molar-refractivity contribution in [1.82, 2.24) is 5.32 Å². The topological polar surface area (TPSA) is 15.3 Å². The molecule has 100 valence electrons. The highest BCUT2D eigenvalue weighted by atomic mass is 35.5. The molecule has 1 aliphatic rings. The summed E-state index contributed by atoms with van der Waals surface area (Å²) in [4.78, 5) is 2.48. The number of nitrogens with one attached hydrogen (secondary N) is 1. The molecular formula is C15H23ClN2. The zero-order chi connectivity index (χ0) is 13.2. The Morgan fingerprint density at radius 2 is 2.06 bits per heavy atom. The summed E-state index contributed by atoms with van der Waals surface area (Å²) in [6, 6.07) is 6.17. The lowest BCUT2D eigenvalue weighted by Crippen LogP contribution is -2.60. The van der Waals surface area contributed by atoms with E-state index < -0.39 is 0 Å². The van der Waals surface area contributed by atoms with Crippen molar-refractivity contribution >= 4 is 17.3 Å². The first kappa shape index (κ1) is 13.7. The van der Waals surface area contributed by atoms with Gasteiger partial charge in [0, 0.05) is 35.9 Å². The molecule has 1 N–H and O–H groups in total. The molecule has 1 fully saturated rings. The van der Waals surface area contributed by atoms with E-state index in [1.807, 2.05) is 6.07 Å². The van der Waals surface area contributed by atoms with Crippen LogP contribution in [0.5, 0.6) is 0 Å². The summed E-state index contributed by atoms with van der Waals surface area (Å²) in [5.74, 6) is 0. The van der Waals surface area contributed by atoms with Gasteiger partial charge in [0.25, 0.3) is 0 Å². The minimum Gasteiger partial charge on any atom is -0.368 e. The van der Waals surface area contributed by atoms with E-state index in [1.165, 1.54) is 24.1 Å². The van der Waals surface area contributed by atoms with Gasteiger partial charge in [-0.2, -0.15) is 0 Å². The van der Waals surface area contributed by atoms with Crippen molar-refractivity contribution in [2.75, 3.05) is 24.5 Å². The van der Waals surface area contributed by atoms with Gasteiger partial charge in [-0.25, -0.2) is 0 Å². The van der Waals surface area contributed by atoms with Gasteiger partial charge < -0.3 is 10.2 Å². The van der Waals surface area contributed by atoms with Gasteiger partial charge in [-0.05, 0) is 37.5 Å². The second-order valence-corrected chi connectivity index (χ2v) is 5.70. The first-order valence-electron chi connectivity index (χ1n) is 6.86. The Bertz CT molecular complexity index is 413. The van der Waals surface area contributed by atoms with E-state index in [-0.39, 0.29) is 5.54 Å². The van der Waals surface area contributed by atoms with Gasteiger partial charge in [-0.15, -0.1) is 0 Å². The Morgan fingerprint density at radius 3 is 2.72 bits per heavy atom. The summed E-state index contributed by atoms with van der Waals surface area (Å²) in [6.07, 6.45) is 2.33. The van der Waals surface area contributed by atoms with Gasteiger partial charge in [0.1, 0.15) is 0 Å². The fourth-order valence-electron chi connectivity index (χ4n) is 2.81. The highest BCUT2D eigenvalue weighted by Crippen LogP contribution is 2.29. The SMILES string of the molecule is CCC1(CC)CN(c2cc(Cl)ccc2C)CCN1. The molecule has 2 nitrogen and oxygen atoms in total. The summed E-state index contributed by atoms with van der Waals surface area (Å²) < 4.78 is 0. The number of nitrogens with zero attached hydrogens (tertiary/aromatic N) is 1. The first-order valence-corrected chi connectivity index (χ1v) is 7.24. The van der Waals surface area contributed by atoms with E-state index >= 15 is 0 Å². The molecule has 0 atom stereocenters. The van der Waals surface area contributed by atoms with Gasteiger partial charge in [-0.1, -0.05) is 31.5 Å². The standard InChI is InChI=1S/C15H23ClN2/c1-4-15(5-2)11-18(9-8-17-15)14-10-13(16)7-6-12(14)3/h6-7,10,17H,4-5,8-9,11H2,1-3H3. The number of rotatable bonds is 3. The maximum atomic E-state index is 6.13. The molecule has 0 saturated carbocycles. The van der Waals surface area contributed by atoms with Crippen LogP contribution in [0.15, 0.2) is 18.2 Å². The average Bonchev–Trinajstić information content (AvgIpc) is 2.41. The maximum Gasteiger partial charge on any atom is 0.0426 e. The molecule has 3 heteroatoms. The number of halogens is 1. The van der Waals surface area contributed by atoms with Crippen LogP contribution in [0.3, 0.4) is 0 Å². The number of hydrogen-bond donors (Lipinski definition) is 1. The van der Waals surface area contributed by atoms with Crippen molar-refractivity contribution in [3.8, 4) is 0 Å². The van der Waals surface area contributed by atoms with Crippen molar-refractivity contribution in [2.45, 2.75) is 39.2 Å². The Labute approximate surface area is 115 Å². The Hall–Kier alpha value is -0.730. The number of anilines is 1. The van der Waals surface area contributed by atoms with Crippen LogP contribution in [0.2, 0.25) is 5.02 Å². The van der Waals surface area contributed by atoms with E-state index in [4.69, 9.17) is 11.6 Å². The van der Waals surface area contributed by atoms with E-state index in [2.05, 4.69) is 43.1 Å². The van der Waals surface area contributed by atoms with Crippen molar-refractivity contribution in [1.29, 1.82) is 0 Å². The van der Waals surface area contributed by atoms with E-state index in [0.717, 1.165) is 24.7 Å². The molecule has 0 radical (unpaired) electrons. The molecule has 2 rings (SSSR count). The predicted molar refractivity (Wildman–Crippen MR) is 79.7 cm³/mol. The van der Waals surface area contributed by atoms with Crippen LogP contribution < -0.4 is 10.2 Å². The highest BCUT2D eigenvalue weighted by Gasteiger charge is 2.32. The predicted octanol–water partition coefficient (Wildman–Crippen LogP) is 3.62. The van der Waals surface area contributed by atoms with Gasteiger partial charge in [0.15, 0.2) is 0 Å². The third kappa shape index (κ3) is 2.65. The number of hydrogen-bond acceptors (Lipinski definition) is 2. The van der Waals surface area contributed by atoms with Gasteiger partial charge in [0.2, 0.25) is 0 Å². The molecule has 0 aromatic heterocycles. The number of aryl methyl sites for hydroxylation is 1. The summed E-state index contributed by atoms with van der Waals surface area (Å²) in [5.41, 5.74) is 2.85. The molecule has 1 heterocycles. The minimum absolute atomic E-state index is 0.257. The Balaban J connectivity index is 2.25. The fourth-order valence-corrected chi connectivity index (χ4v) is 2.98. The largest absolute Gasteiger partial charge is 0.368 e. The minimum atomic E-state index is 0.257. The van der Waals surface area contributed by atoms with E-state index in [9.17, 15) is 0 Å². The van der Waals surface area contributed by atoms with Crippen LogP contribution in [0.1, 0.15) is 32.3 Å². The third-order valence-electron chi connectivity index (χ3n) is 4.24. The Morgan fingerprint density at radius 1 is 1.33 bits per heavy atom. The van der Waals surface area contributed by atoms with Crippen LogP contribution in [0.25, 0.3) is 0 Å². The molecule has 1 aromatic carbocycles. The van der Waals surface area contributed by atoms with Crippen molar-refractivity contribution in [3.63, 3.8) is 0 Å². The fraction of sp³-hybridized carbons (Fsp3) is 0.600. The quantitative estimate of drug-likeness (QED) is 0.899. The monoisotopic (exact) mass is 266 g/mol. The van der Waals surface area contributed by atoms with Crippen molar-refractivity contribution < 1.29 is 0 Å². The highest BCUT2D eigenvalue weighted by molar-refractivity contribution is 6.30. The van der Waals surface area contributed by atoms with Crippen LogP contribution in [-0.4, -0.2) is 25.2 Å². The summed E-state index contributed by atoms with van der Waals surface area (Å²) in [6.45, 7) is 9.88. The molecule has 0 aliphatic carbocycles. The second-order valence-electron chi connectivity index (χ2n) is 5.27. The average molecular weight is 267 g/mol. The lowest BCUT2D eigenvalue weighted by molar-refractivity contribution is 0.277. The summed E-state index contributed by atoms with van der Waals surface area (Å²) in [5, 5.41) is 4.52. The molecule has 1 aliphatic heterocycles. The molecule has 0 spiro atoms. The lowest BCUT2D eigenvalue weighted by atomic mass is 9.90. The molecule has 0 unspecified atom stereocenters. The molecule has 0 bridgehead atoms. The normalized spacial score (nSPS) is 19.0. The third-order valence-corrected chi connectivity index (χ3v) is 4.48. The molecule has 1 aromatic rings. The second kappa shape index (κ2) is 5.50. The Kier molecular flexibility index (Phi) is 4.18. The lowest BCUT2D eigenvalue weighted by Gasteiger charge is -2.44. The smallest absolute Gasteiger partial charge is 0.0426 e. The zero-order valence-corrected chi connectivity index (χ0v) is 12.3. The molecule has 0 amide bonds. The van der Waals surface area contributed by atoms with Crippen molar-refractivity contribution in [3.05, 3.63) is 28.8 Å². The number of piperazine rings is 1. The van der Waals surface area contributed by atoms with Crippen LogP contribution in [0, 0.1) is 6.92 Å². The van der Waals surface area contributed by atoms with Gasteiger partial charge >= 0.3 is 0 Å². The molecule has 1 saturated heterocycles. The maximum absolute atomic E-state index is 6.13. The van der Waals surface area contributed by atoms with Crippen molar-refractivity contribution in [2.24, 2.45) is 0 Å². The van der Waals surface area contributed by atoms with Gasteiger partial charge in [-0.3, -0.25) is 0 Å². The van der Waals surface area contributed by atoms with Gasteiger partial charge in [0.05, 0.1) is 0 Å². The molecular weight excluding hydrogens is 244 g/mol. The van der Waals surface area contributed by atoms with Crippen LogP contribution in [-0.2, 0) is 0 Å². The van der Waals surface area contributed by atoms with E-state index in [1.54, 1.807) is 0 Å². The summed E-state index contributed by atoms with van der Waals surface area (Å²) in [7, 11) is 0. The van der Waals surface area contributed by atoms with E-state index in [0.29, 0.717) is 0 Å². The first-order chi connectivity index (χ1) is 8.60. The molecule has 18 heavy (non-hydrogen) atoms. The number of benzene rings is 1. The summed E-state index contributed by atoms with van der Waals surface area (Å²) >= 11 is 6.13. The van der Waals surface area contributed by atoms with Crippen LogP contribution >= 0.6 is 11.6 Å². The van der Waals surface area contributed by atoms with Crippen LogP contribution in [0.4, 0.5) is 5.69 Å².